The van der Waals surface area contributed by atoms with Gasteiger partial charge >= 0.3 is 0 Å². The number of hydrogen-bond acceptors (Lipinski definition) is 2. The Kier molecular flexibility index (Phi) is 4.49. The van der Waals surface area contributed by atoms with Crippen LogP contribution in [-0.4, -0.2) is 30.5 Å². The Bertz CT molecular complexity index is 686. The maximum absolute atomic E-state index is 13.0. The van der Waals surface area contributed by atoms with Crippen LogP contribution in [-0.2, 0) is 4.74 Å². The predicted molar refractivity (Wildman–Crippen MR) is 91.7 cm³/mol. The Morgan fingerprint density at radius 3 is 2.39 bits per heavy atom. The molecule has 1 fully saturated rings. The molecule has 23 heavy (non-hydrogen) atoms. The van der Waals surface area contributed by atoms with Gasteiger partial charge in [0.1, 0.15) is 6.10 Å². The van der Waals surface area contributed by atoms with E-state index in [9.17, 15) is 4.79 Å². The second kappa shape index (κ2) is 6.55. The first-order valence-corrected chi connectivity index (χ1v) is 8.10. The van der Waals surface area contributed by atoms with Gasteiger partial charge in [0, 0.05) is 12.1 Å². The zero-order valence-corrected chi connectivity index (χ0v) is 14.0. The van der Waals surface area contributed by atoms with Gasteiger partial charge in [0.25, 0.3) is 5.91 Å². The quantitative estimate of drug-likeness (QED) is 0.844. The van der Waals surface area contributed by atoms with Crippen LogP contribution in [0.4, 0.5) is 0 Å². The molecule has 1 aliphatic rings. The Morgan fingerprint density at radius 1 is 1.09 bits per heavy atom. The summed E-state index contributed by atoms with van der Waals surface area (Å²) in [6.45, 7) is 7.93. The summed E-state index contributed by atoms with van der Waals surface area (Å²) in [7, 11) is 0. The van der Waals surface area contributed by atoms with Gasteiger partial charge in [0.15, 0.2) is 0 Å². The van der Waals surface area contributed by atoms with E-state index in [2.05, 4.69) is 31.2 Å². The van der Waals surface area contributed by atoms with Crippen molar-refractivity contribution in [3.63, 3.8) is 0 Å². The third-order valence-corrected chi connectivity index (χ3v) is 4.42. The lowest BCUT2D eigenvalue weighted by molar-refractivity contribution is -0.0228. The standard InChI is InChI=1S/C20H23NO2/c1-14-11-15(2)19(16(3)12-14)20(22)21-9-10-23-18(13-21)17-7-5-4-6-8-17/h4-8,11-12,18H,9-10,13H2,1-3H3. The molecule has 3 rings (SSSR count). The van der Waals surface area contributed by atoms with Gasteiger partial charge in [-0.05, 0) is 37.5 Å². The summed E-state index contributed by atoms with van der Waals surface area (Å²) in [5.74, 6) is 0.115. The molecule has 2 aromatic rings. The Morgan fingerprint density at radius 2 is 1.74 bits per heavy atom. The molecular formula is C20H23NO2. The molecule has 0 aromatic heterocycles. The average molecular weight is 309 g/mol. The summed E-state index contributed by atoms with van der Waals surface area (Å²) in [4.78, 5) is 14.9. The van der Waals surface area contributed by atoms with Crippen LogP contribution in [0.15, 0.2) is 42.5 Å². The fourth-order valence-corrected chi connectivity index (χ4v) is 3.38. The molecule has 1 unspecified atom stereocenters. The van der Waals surface area contributed by atoms with E-state index in [4.69, 9.17) is 4.74 Å². The van der Waals surface area contributed by atoms with E-state index < -0.39 is 0 Å². The van der Waals surface area contributed by atoms with Gasteiger partial charge in [-0.15, -0.1) is 0 Å². The van der Waals surface area contributed by atoms with E-state index in [1.807, 2.05) is 36.9 Å². The molecule has 0 N–H and O–H groups in total. The van der Waals surface area contributed by atoms with Crippen molar-refractivity contribution in [1.29, 1.82) is 0 Å². The van der Waals surface area contributed by atoms with Crippen LogP contribution in [0.3, 0.4) is 0 Å². The van der Waals surface area contributed by atoms with Gasteiger partial charge in [-0.2, -0.15) is 0 Å². The lowest BCUT2D eigenvalue weighted by atomic mass is 9.98. The van der Waals surface area contributed by atoms with Crippen LogP contribution >= 0.6 is 0 Å². The maximum Gasteiger partial charge on any atom is 0.254 e. The Labute approximate surface area is 137 Å². The lowest BCUT2D eigenvalue weighted by Gasteiger charge is -2.34. The Hall–Kier alpha value is -2.13. The monoisotopic (exact) mass is 309 g/mol. The number of ether oxygens (including phenoxy) is 1. The zero-order valence-electron chi connectivity index (χ0n) is 14.0. The molecule has 1 aliphatic heterocycles. The number of aryl methyl sites for hydroxylation is 3. The molecule has 0 saturated carbocycles. The van der Waals surface area contributed by atoms with E-state index in [-0.39, 0.29) is 12.0 Å². The molecule has 1 heterocycles. The van der Waals surface area contributed by atoms with Crippen molar-refractivity contribution in [3.8, 4) is 0 Å². The average Bonchev–Trinajstić information content (AvgIpc) is 2.55. The van der Waals surface area contributed by atoms with Gasteiger partial charge < -0.3 is 9.64 Å². The minimum Gasteiger partial charge on any atom is -0.370 e. The minimum absolute atomic E-state index is 0.0417. The fraction of sp³-hybridized carbons (Fsp3) is 0.350. The minimum atomic E-state index is -0.0417. The second-order valence-corrected chi connectivity index (χ2v) is 6.30. The van der Waals surface area contributed by atoms with Crippen LogP contribution in [0, 0.1) is 20.8 Å². The second-order valence-electron chi connectivity index (χ2n) is 6.30. The van der Waals surface area contributed by atoms with E-state index in [1.54, 1.807) is 0 Å². The number of morpholine rings is 1. The number of carbonyl (C=O) groups is 1. The normalized spacial score (nSPS) is 18.0. The van der Waals surface area contributed by atoms with Gasteiger partial charge in [0.05, 0.1) is 13.2 Å². The molecule has 0 bridgehead atoms. The van der Waals surface area contributed by atoms with E-state index in [0.717, 1.165) is 22.3 Å². The number of amides is 1. The molecule has 3 heteroatoms. The van der Waals surface area contributed by atoms with Crippen molar-refractivity contribution in [2.24, 2.45) is 0 Å². The third-order valence-electron chi connectivity index (χ3n) is 4.42. The summed E-state index contributed by atoms with van der Waals surface area (Å²) in [5, 5.41) is 0. The van der Waals surface area contributed by atoms with Crippen molar-refractivity contribution in [3.05, 3.63) is 70.3 Å². The third kappa shape index (κ3) is 3.30. The predicted octanol–water partition coefficient (Wildman–Crippen LogP) is 3.83. The van der Waals surface area contributed by atoms with Crippen LogP contribution in [0.1, 0.15) is 38.7 Å². The number of benzene rings is 2. The summed E-state index contributed by atoms with van der Waals surface area (Å²) in [6.07, 6.45) is -0.0417. The maximum atomic E-state index is 13.0. The van der Waals surface area contributed by atoms with Gasteiger partial charge in [-0.1, -0.05) is 48.0 Å². The lowest BCUT2D eigenvalue weighted by Crippen LogP contribution is -2.42. The molecule has 3 nitrogen and oxygen atoms in total. The summed E-state index contributed by atoms with van der Waals surface area (Å²) >= 11 is 0. The molecule has 0 radical (unpaired) electrons. The molecular weight excluding hydrogens is 286 g/mol. The highest BCUT2D eigenvalue weighted by Crippen LogP contribution is 2.25. The van der Waals surface area contributed by atoms with E-state index in [1.165, 1.54) is 5.56 Å². The van der Waals surface area contributed by atoms with E-state index in [0.29, 0.717) is 19.7 Å². The summed E-state index contributed by atoms with van der Waals surface area (Å²) < 4.78 is 5.87. The first-order chi connectivity index (χ1) is 11.1. The van der Waals surface area contributed by atoms with Crippen molar-refractivity contribution < 1.29 is 9.53 Å². The Balaban J connectivity index is 1.83. The highest BCUT2D eigenvalue weighted by molar-refractivity contribution is 5.97. The SMILES string of the molecule is Cc1cc(C)c(C(=O)N2CCOC(c3ccccc3)C2)c(C)c1. The topological polar surface area (TPSA) is 29.5 Å². The largest absolute Gasteiger partial charge is 0.370 e. The van der Waals surface area contributed by atoms with Crippen molar-refractivity contribution in [2.75, 3.05) is 19.7 Å². The van der Waals surface area contributed by atoms with Gasteiger partial charge in [-0.25, -0.2) is 0 Å². The van der Waals surface area contributed by atoms with Crippen LogP contribution in [0.5, 0.6) is 0 Å². The number of hydrogen-bond donors (Lipinski definition) is 0. The molecule has 1 atom stereocenters. The number of rotatable bonds is 2. The summed E-state index contributed by atoms with van der Waals surface area (Å²) in [6, 6.07) is 14.3. The first-order valence-electron chi connectivity index (χ1n) is 8.10. The van der Waals surface area contributed by atoms with Gasteiger partial charge in [-0.3, -0.25) is 4.79 Å². The highest BCUT2D eigenvalue weighted by Gasteiger charge is 2.27. The first kappa shape index (κ1) is 15.8. The number of nitrogens with zero attached hydrogens (tertiary/aromatic N) is 1. The van der Waals surface area contributed by atoms with Crippen LogP contribution in [0.2, 0.25) is 0 Å². The molecule has 1 saturated heterocycles. The highest BCUT2D eigenvalue weighted by atomic mass is 16.5. The molecule has 0 aliphatic carbocycles. The zero-order chi connectivity index (χ0) is 16.4. The van der Waals surface area contributed by atoms with Crippen LogP contribution < -0.4 is 0 Å². The van der Waals surface area contributed by atoms with E-state index >= 15 is 0 Å². The van der Waals surface area contributed by atoms with Crippen molar-refractivity contribution in [1.82, 2.24) is 4.90 Å². The smallest absolute Gasteiger partial charge is 0.254 e. The number of carbonyl (C=O) groups excluding carboxylic acids is 1. The molecule has 2 aromatic carbocycles. The van der Waals surface area contributed by atoms with Crippen molar-refractivity contribution >= 4 is 5.91 Å². The van der Waals surface area contributed by atoms with Crippen LogP contribution in [0.25, 0.3) is 0 Å². The van der Waals surface area contributed by atoms with Gasteiger partial charge in [0.2, 0.25) is 0 Å². The summed E-state index contributed by atoms with van der Waals surface area (Å²) in [5.41, 5.74) is 5.26. The molecule has 1 amide bonds. The molecule has 120 valence electrons. The fourth-order valence-electron chi connectivity index (χ4n) is 3.38. The molecule has 0 spiro atoms. The van der Waals surface area contributed by atoms with Crippen molar-refractivity contribution in [2.45, 2.75) is 26.9 Å².